The van der Waals surface area contributed by atoms with Gasteiger partial charge < -0.3 is 0 Å². The van der Waals surface area contributed by atoms with E-state index in [9.17, 15) is 9.59 Å². The quantitative estimate of drug-likeness (QED) is 0.610. The Bertz CT molecular complexity index is 574. The molecule has 0 atom stereocenters. The predicted molar refractivity (Wildman–Crippen MR) is 70.2 cm³/mol. The second kappa shape index (κ2) is 4.21. The first-order chi connectivity index (χ1) is 9.16. The average Bonchev–Trinajstić information content (AvgIpc) is 3.13. The van der Waals surface area contributed by atoms with Crippen LogP contribution in [0.3, 0.4) is 0 Å². The van der Waals surface area contributed by atoms with E-state index in [0.29, 0.717) is 13.0 Å². The van der Waals surface area contributed by atoms with Gasteiger partial charge in [0.25, 0.3) is 0 Å². The van der Waals surface area contributed by atoms with Crippen molar-refractivity contribution in [2.24, 2.45) is 4.99 Å². The molecular formula is C14H15N3O2. The van der Waals surface area contributed by atoms with Gasteiger partial charge in [-0.1, -0.05) is 12.1 Å². The number of nitrogens with zero attached hydrogens (tertiary/aromatic N) is 3. The van der Waals surface area contributed by atoms with Crippen molar-refractivity contribution < 1.29 is 9.59 Å². The first-order valence-corrected chi connectivity index (χ1v) is 6.40. The molecule has 1 saturated heterocycles. The van der Waals surface area contributed by atoms with E-state index >= 15 is 0 Å². The van der Waals surface area contributed by atoms with Gasteiger partial charge in [0, 0.05) is 20.0 Å². The lowest BCUT2D eigenvalue weighted by molar-refractivity contribution is -0.126. The minimum Gasteiger partial charge on any atom is -0.283 e. The van der Waals surface area contributed by atoms with E-state index < -0.39 is 0 Å². The fourth-order valence-corrected chi connectivity index (χ4v) is 2.58. The van der Waals surface area contributed by atoms with Gasteiger partial charge in [0.1, 0.15) is 0 Å². The van der Waals surface area contributed by atoms with Crippen LogP contribution in [0.5, 0.6) is 0 Å². The largest absolute Gasteiger partial charge is 0.283 e. The fourth-order valence-electron chi connectivity index (χ4n) is 2.58. The van der Waals surface area contributed by atoms with Crippen molar-refractivity contribution in [3.63, 3.8) is 0 Å². The lowest BCUT2D eigenvalue weighted by Gasteiger charge is -2.26. The van der Waals surface area contributed by atoms with Crippen LogP contribution >= 0.6 is 0 Å². The molecule has 5 heteroatoms. The molecule has 1 aliphatic carbocycles. The first-order valence-electron chi connectivity index (χ1n) is 6.40. The van der Waals surface area contributed by atoms with E-state index in [4.69, 9.17) is 0 Å². The number of carbonyl (C=O) groups is 1. The van der Waals surface area contributed by atoms with Crippen LogP contribution in [0.1, 0.15) is 24.8 Å². The van der Waals surface area contributed by atoms with Crippen molar-refractivity contribution in [2.45, 2.75) is 24.8 Å². The molecule has 0 aromatic heterocycles. The van der Waals surface area contributed by atoms with Crippen LogP contribution in [-0.4, -0.2) is 30.6 Å². The predicted octanol–water partition coefficient (Wildman–Crippen LogP) is 1.60. The Morgan fingerprint density at radius 3 is 2.74 bits per heavy atom. The molecule has 19 heavy (non-hydrogen) atoms. The molecule has 2 aliphatic rings. The van der Waals surface area contributed by atoms with Gasteiger partial charge in [-0.05, 0) is 30.5 Å². The summed E-state index contributed by atoms with van der Waals surface area (Å²) in [6, 6.07) is 7.92. The molecule has 0 N–H and O–H groups in total. The molecule has 1 aromatic carbocycles. The van der Waals surface area contributed by atoms with Crippen molar-refractivity contribution in [2.75, 3.05) is 18.6 Å². The zero-order chi connectivity index (χ0) is 13.5. The van der Waals surface area contributed by atoms with E-state index in [0.717, 1.165) is 24.1 Å². The van der Waals surface area contributed by atoms with Crippen molar-refractivity contribution in [1.82, 2.24) is 5.01 Å². The van der Waals surface area contributed by atoms with Crippen LogP contribution < -0.4 is 5.01 Å². The van der Waals surface area contributed by atoms with E-state index in [1.807, 2.05) is 29.3 Å². The van der Waals surface area contributed by atoms with Crippen LogP contribution in [0.25, 0.3) is 0 Å². The molecule has 0 radical (unpaired) electrons. The van der Waals surface area contributed by atoms with Gasteiger partial charge in [-0.15, -0.1) is 0 Å². The molecule has 1 saturated carbocycles. The van der Waals surface area contributed by atoms with Gasteiger partial charge in [0.05, 0.1) is 11.2 Å². The maximum absolute atomic E-state index is 11.6. The molecule has 0 spiro atoms. The highest BCUT2D eigenvalue weighted by molar-refractivity contribution is 5.81. The molecule has 5 nitrogen and oxygen atoms in total. The van der Waals surface area contributed by atoms with Crippen molar-refractivity contribution in [3.8, 4) is 0 Å². The molecule has 0 bridgehead atoms. The summed E-state index contributed by atoms with van der Waals surface area (Å²) in [4.78, 5) is 26.0. The highest BCUT2D eigenvalue weighted by Crippen LogP contribution is 2.49. The Morgan fingerprint density at radius 2 is 2.16 bits per heavy atom. The maximum Gasteiger partial charge on any atom is 0.242 e. The molecule has 3 rings (SSSR count). The molecule has 1 heterocycles. The van der Waals surface area contributed by atoms with E-state index in [2.05, 4.69) is 4.99 Å². The third-order valence-electron chi connectivity index (χ3n) is 3.93. The molecule has 0 unspecified atom stereocenters. The van der Waals surface area contributed by atoms with Gasteiger partial charge in [0.15, 0.2) is 0 Å². The molecule has 2 fully saturated rings. The Hall–Kier alpha value is -2.13. The number of isocyanates is 1. The van der Waals surface area contributed by atoms with E-state index in [1.165, 1.54) is 0 Å². The second-order valence-electron chi connectivity index (χ2n) is 5.08. The smallest absolute Gasteiger partial charge is 0.242 e. The highest BCUT2D eigenvalue weighted by Gasteiger charge is 2.45. The Morgan fingerprint density at radius 1 is 1.37 bits per heavy atom. The summed E-state index contributed by atoms with van der Waals surface area (Å²) >= 11 is 0. The summed E-state index contributed by atoms with van der Waals surface area (Å²) in [5.74, 6) is 0.123. The Balaban J connectivity index is 1.93. The maximum atomic E-state index is 11.6. The van der Waals surface area contributed by atoms with Crippen molar-refractivity contribution in [3.05, 3.63) is 29.8 Å². The molecule has 1 aliphatic heterocycles. The Labute approximate surface area is 111 Å². The lowest BCUT2D eigenvalue weighted by atomic mass is 10.0. The third-order valence-corrected chi connectivity index (χ3v) is 3.93. The number of rotatable bonds is 3. The van der Waals surface area contributed by atoms with Crippen LogP contribution in [0.15, 0.2) is 29.3 Å². The van der Waals surface area contributed by atoms with E-state index in [1.54, 1.807) is 18.1 Å². The Kier molecular flexibility index (Phi) is 2.64. The monoisotopic (exact) mass is 257 g/mol. The lowest BCUT2D eigenvalue weighted by Crippen LogP contribution is -2.35. The summed E-state index contributed by atoms with van der Waals surface area (Å²) in [5.41, 5.74) is 1.64. The zero-order valence-electron chi connectivity index (χ0n) is 10.8. The normalized spacial score (nSPS) is 20.4. The number of anilines is 1. The van der Waals surface area contributed by atoms with Crippen LogP contribution in [0, 0.1) is 0 Å². The first kappa shape index (κ1) is 11.9. The molecular weight excluding hydrogens is 242 g/mol. The molecule has 1 amide bonds. The summed E-state index contributed by atoms with van der Waals surface area (Å²) < 4.78 is 0. The number of aliphatic imine (C=N–C) groups is 1. The summed E-state index contributed by atoms with van der Waals surface area (Å²) in [6.45, 7) is 0.697. The number of hydrogen-bond donors (Lipinski definition) is 0. The van der Waals surface area contributed by atoms with Gasteiger partial charge in [0.2, 0.25) is 12.0 Å². The summed E-state index contributed by atoms with van der Waals surface area (Å²) in [6.07, 6.45) is 3.99. The average molecular weight is 257 g/mol. The van der Waals surface area contributed by atoms with Gasteiger partial charge in [-0.3, -0.25) is 14.8 Å². The van der Waals surface area contributed by atoms with Crippen LogP contribution in [0.2, 0.25) is 0 Å². The van der Waals surface area contributed by atoms with Gasteiger partial charge >= 0.3 is 0 Å². The third kappa shape index (κ3) is 1.92. The fraction of sp³-hybridized carbons (Fsp3) is 0.429. The number of benzene rings is 1. The standard InChI is InChI=1S/C14H15N3O2/c1-16-13(19)5-8-17(16)12-4-2-3-11(9-12)14(6-7-14)15-10-18/h2-4,9H,5-8H2,1H3. The summed E-state index contributed by atoms with van der Waals surface area (Å²) in [5, 5.41) is 3.59. The number of carbonyl (C=O) groups excluding carboxylic acids is 2. The van der Waals surface area contributed by atoms with E-state index in [-0.39, 0.29) is 11.4 Å². The second-order valence-corrected chi connectivity index (χ2v) is 5.08. The van der Waals surface area contributed by atoms with Crippen molar-refractivity contribution in [1.29, 1.82) is 0 Å². The molecule has 1 aromatic rings. The topological polar surface area (TPSA) is 53.0 Å². The summed E-state index contributed by atoms with van der Waals surface area (Å²) in [7, 11) is 1.78. The van der Waals surface area contributed by atoms with Crippen molar-refractivity contribution >= 4 is 17.7 Å². The zero-order valence-corrected chi connectivity index (χ0v) is 10.8. The van der Waals surface area contributed by atoms with Gasteiger partial charge in [-0.25, -0.2) is 4.79 Å². The van der Waals surface area contributed by atoms with Crippen LogP contribution in [-0.2, 0) is 15.1 Å². The number of amides is 1. The van der Waals surface area contributed by atoms with Crippen LogP contribution in [0.4, 0.5) is 5.69 Å². The molecule has 98 valence electrons. The SMILES string of the molecule is CN1C(=O)CCN1c1cccc(C2(N=C=O)CC2)c1. The number of hydrazine groups is 1. The minimum atomic E-state index is -0.361. The minimum absolute atomic E-state index is 0.123. The number of hydrogen-bond acceptors (Lipinski definition) is 4. The highest BCUT2D eigenvalue weighted by atomic mass is 16.2. The van der Waals surface area contributed by atoms with Gasteiger partial charge in [-0.2, -0.15) is 4.99 Å².